The number of nitrogens with one attached hydrogen (secondary N) is 2. The molecule has 3 amide bonds. The van der Waals surface area contributed by atoms with Gasteiger partial charge in [0.25, 0.3) is 11.8 Å². The third kappa shape index (κ3) is 5.30. The van der Waals surface area contributed by atoms with Crippen molar-refractivity contribution in [3.63, 3.8) is 0 Å². The predicted molar refractivity (Wildman–Crippen MR) is 123 cm³/mol. The summed E-state index contributed by atoms with van der Waals surface area (Å²) in [5.74, 6) is -0.978. The Morgan fingerprint density at radius 2 is 1.81 bits per heavy atom. The Morgan fingerprint density at radius 1 is 1.06 bits per heavy atom. The van der Waals surface area contributed by atoms with E-state index < -0.39 is 5.91 Å². The number of rotatable bonds is 5. The van der Waals surface area contributed by atoms with E-state index >= 15 is 0 Å². The van der Waals surface area contributed by atoms with Crippen LogP contribution in [-0.2, 0) is 9.59 Å². The van der Waals surface area contributed by atoms with Crippen molar-refractivity contribution < 1.29 is 14.4 Å². The molecule has 0 radical (unpaired) electrons. The third-order valence-corrected chi connectivity index (χ3v) is 5.02. The number of halogens is 1. The molecule has 0 aromatic heterocycles. The molecule has 1 aliphatic heterocycles. The molecule has 3 rings (SSSR count). The van der Waals surface area contributed by atoms with Gasteiger partial charge in [0.1, 0.15) is 5.71 Å². The lowest BCUT2D eigenvalue weighted by Gasteiger charge is -2.25. The molecule has 0 saturated heterocycles. The number of nitrogens with zero attached hydrogens (tertiary/aromatic N) is 2. The number of hydrogen-bond donors (Lipinski definition) is 2. The number of hydrazone groups is 1. The Bertz CT molecular complexity index is 1080. The van der Waals surface area contributed by atoms with E-state index in [4.69, 9.17) is 11.6 Å². The van der Waals surface area contributed by atoms with E-state index in [-0.39, 0.29) is 42.1 Å². The van der Waals surface area contributed by atoms with Crippen LogP contribution in [0.1, 0.15) is 48.2 Å². The zero-order chi connectivity index (χ0) is 22.7. The van der Waals surface area contributed by atoms with E-state index in [1.54, 1.807) is 12.1 Å². The van der Waals surface area contributed by atoms with Crippen LogP contribution in [0.25, 0.3) is 0 Å². The molecule has 1 heterocycles. The molecule has 0 atom stereocenters. The number of amides is 3. The summed E-state index contributed by atoms with van der Waals surface area (Å²) < 4.78 is 0. The van der Waals surface area contributed by atoms with Crippen molar-refractivity contribution in [3.05, 3.63) is 58.1 Å². The topological polar surface area (TPSA) is 90.9 Å². The second kappa shape index (κ2) is 9.31. The second-order valence-electron chi connectivity index (χ2n) is 7.81. The first-order valence-electron chi connectivity index (χ1n) is 10.0. The van der Waals surface area contributed by atoms with Gasteiger partial charge in [0.05, 0.1) is 16.9 Å². The van der Waals surface area contributed by atoms with Gasteiger partial charge in [-0.15, -0.1) is 0 Å². The number of benzene rings is 2. The minimum absolute atomic E-state index is 0.0633. The maximum absolute atomic E-state index is 13.0. The van der Waals surface area contributed by atoms with Gasteiger partial charge >= 0.3 is 0 Å². The lowest BCUT2D eigenvalue weighted by atomic mass is 10.1. The van der Waals surface area contributed by atoms with Crippen molar-refractivity contribution >= 4 is 46.4 Å². The summed E-state index contributed by atoms with van der Waals surface area (Å²) in [6.45, 7) is 7.51. The molecule has 8 heteroatoms. The predicted octanol–water partition coefficient (Wildman–Crippen LogP) is 4.22. The van der Waals surface area contributed by atoms with Crippen molar-refractivity contribution in [2.24, 2.45) is 5.10 Å². The number of carbonyl (C=O) groups is 3. The van der Waals surface area contributed by atoms with E-state index in [1.807, 2.05) is 45.9 Å². The van der Waals surface area contributed by atoms with Gasteiger partial charge in [-0.1, -0.05) is 23.7 Å². The van der Waals surface area contributed by atoms with Gasteiger partial charge in [-0.3, -0.25) is 14.4 Å². The molecule has 162 valence electrons. The minimum atomic E-state index is -0.483. The summed E-state index contributed by atoms with van der Waals surface area (Å²) in [6.07, 6.45) is 0.371. The smallest absolute Gasteiger partial charge is 0.271 e. The summed E-state index contributed by atoms with van der Waals surface area (Å²) in [5.41, 5.74) is 3.30. The molecule has 0 aliphatic carbocycles. The summed E-state index contributed by atoms with van der Waals surface area (Å²) >= 11 is 6.08. The van der Waals surface area contributed by atoms with Gasteiger partial charge in [0.15, 0.2) is 0 Å². The first kappa shape index (κ1) is 22.5. The number of anilines is 2. The van der Waals surface area contributed by atoms with Crippen molar-refractivity contribution in [3.8, 4) is 0 Å². The fourth-order valence-electron chi connectivity index (χ4n) is 3.20. The molecule has 1 aliphatic rings. The average molecular weight is 441 g/mol. The van der Waals surface area contributed by atoms with E-state index in [2.05, 4.69) is 15.7 Å². The zero-order valence-corrected chi connectivity index (χ0v) is 18.7. The average Bonchev–Trinajstić information content (AvgIpc) is 2.69. The van der Waals surface area contributed by atoms with Gasteiger partial charge in [-0.05, 0) is 63.1 Å². The van der Waals surface area contributed by atoms with Crippen molar-refractivity contribution in [1.29, 1.82) is 0 Å². The number of aryl methyl sites for hydroxylation is 2. The van der Waals surface area contributed by atoms with E-state index in [0.717, 1.165) is 11.1 Å². The highest BCUT2D eigenvalue weighted by Gasteiger charge is 2.27. The monoisotopic (exact) mass is 440 g/mol. The Kier molecular flexibility index (Phi) is 6.75. The van der Waals surface area contributed by atoms with Crippen molar-refractivity contribution in [2.45, 2.75) is 46.6 Å². The van der Waals surface area contributed by atoms with Crippen LogP contribution in [0, 0.1) is 13.8 Å². The second-order valence-corrected chi connectivity index (χ2v) is 8.25. The first-order valence-corrected chi connectivity index (χ1v) is 10.4. The lowest BCUT2D eigenvalue weighted by Crippen LogP contribution is -2.37. The first-order chi connectivity index (χ1) is 14.7. The molecule has 0 fully saturated rings. The summed E-state index contributed by atoms with van der Waals surface area (Å²) in [5, 5.41) is 11.5. The fourth-order valence-corrected chi connectivity index (χ4v) is 3.38. The maximum Gasteiger partial charge on any atom is 0.271 e. The fraction of sp³-hybridized carbons (Fsp3) is 0.304. The highest BCUT2D eigenvalue weighted by Crippen LogP contribution is 2.26. The molecule has 2 N–H and O–H groups in total. The summed E-state index contributed by atoms with van der Waals surface area (Å²) in [7, 11) is 0. The summed E-state index contributed by atoms with van der Waals surface area (Å²) in [4.78, 5) is 38.0. The van der Waals surface area contributed by atoms with Gasteiger partial charge in [0, 0.05) is 23.9 Å². The molecular weight excluding hydrogens is 416 g/mol. The molecule has 2 aromatic rings. The molecule has 31 heavy (non-hydrogen) atoms. The Labute approximate surface area is 186 Å². The van der Waals surface area contributed by atoms with Gasteiger partial charge in [-0.25, -0.2) is 5.01 Å². The van der Waals surface area contributed by atoms with E-state index in [1.165, 1.54) is 11.1 Å². The molecule has 7 nitrogen and oxygen atoms in total. The molecule has 0 unspecified atom stereocenters. The van der Waals surface area contributed by atoms with Crippen LogP contribution in [0.4, 0.5) is 11.4 Å². The number of hydrogen-bond acceptors (Lipinski definition) is 4. The third-order valence-electron chi connectivity index (χ3n) is 4.78. The van der Waals surface area contributed by atoms with Crippen LogP contribution in [0.2, 0.25) is 5.02 Å². The molecule has 0 bridgehead atoms. The minimum Gasteiger partial charge on any atom is -0.350 e. The molecule has 2 aromatic carbocycles. The van der Waals surface area contributed by atoms with Crippen LogP contribution in [0.15, 0.2) is 41.5 Å². The SMILES string of the molecule is Cc1ccc(C)c(N2N=C(C(=O)Nc3cc(Cl)ccc3C(=O)NC(C)C)CCC2=O)c1. The molecule has 0 saturated carbocycles. The largest absolute Gasteiger partial charge is 0.350 e. The maximum atomic E-state index is 13.0. The highest BCUT2D eigenvalue weighted by molar-refractivity contribution is 6.44. The molecule has 0 spiro atoms. The quantitative estimate of drug-likeness (QED) is 0.729. The summed E-state index contributed by atoms with van der Waals surface area (Å²) in [6, 6.07) is 10.3. The van der Waals surface area contributed by atoms with Gasteiger partial charge < -0.3 is 10.6 Å². The van der Waals surface area contributed by atoms with Crippen LogP contribution in [-0.4, -0.2) is 29.5 Å². The van der Waals surface area contributed by atoms with E-state index in [0.29, 0.717) is 16.3 Å². The van der Waals surface area contributed by atoms with Crippen LogP contribution < -0.4 is 15.6 Å². The van der Waals surface area contributed by atoms with Gasteiger partial charge in [0.2, 0.25) is 5.91 Å². The normalized spacial score (nSPS) is 13.8. The lowest BCUT2D eigenvalue weighted by molar-refractivity contribution is -0.118. The Morgan fingerprint density at radius 3 is 2.52 bits per heavy atom. The Hall–Kier alpha value is -3.19. The van der Waals surface area contributed by atoms with Crippen molar-refractivity contribution in [1.82, 2.24) is 5.32 Å². The standard InChI is InChI=1S/C23H25ClN4O3/c1-13(2)25-22(30)17-8-7-16(24)12-19(17)26-23(31)18-9-10-21(29)28(27-18)20-11-14(3)5-6-15(20)4/h5-8,11-13H,9-10H2,1-4H3,(H,25,30)(H,26,31). The van der Waals surface area contributed by atoms with Crippen LogP contribution >= 0.6 is 11.6 Å². The highest BCUT2D eigenvalue weighted by atomic mass is 35.5. The van der Waals surface area contributed by atoms with E-state index in [9.17, 15) is 14.4 Å². The zero-order valence-electron chi connectivity index (χ0n) is 18.0. The Balaban J connectivity index is 1.90. The van der Waals surface area contributed by atoms with Crippen molar-refractivity contribution in [2.75, 3.05) is 10.3 Å². The molecular formula is C23H25ClN4O3. The van der Waals surface area contributed by atoms with Gasteiger partial charge in [-0.2, -0.15) is 5.10 Å². The number of carbonyl (C=O) groups excluding carboxylic acids is 3. The van der Waals surface area contributed by atoms with Crippen LogP contribution in [0.3, 0.4) is 0 Å². The van der Waals surface area contributed by atoms with Crippen LogP contribution in [0.5, 0.6) is 0 Å².